The van der Waals surface area contributed by atoms with Crippen LogP contribution in [0.25, 0.3) is 0 Å². The molecule has 3 aromatic rings. The third-order valence-electron chi connectivity index (χ3n) is 3.51. The Kier molecular flexibility index (Phi) is 4.69. The van der Waals surface area contributed by atoms with Crippen molar-refractivity contribution >= 4 is 17.6 Å². The summed E-state index contributed by atoms with van der Waals surface area (Å²) in [7, 11) is 0. The van der Waals surface area contributed by atoms with E-state index in [1.807, 2.05) is 54.6 Å². The second kappa shape index (κ2) is 7.27. The topological polar surface area (TPSA) is 44.6 Å². The van der Waals surface area contributed by atoms with E-state index in [1.165, 1.54) is 5.56 Å². The molecule has 0 fully saturated rings. The lowest BCUT2D eigenvalue weighted by Gasteiger charge is -2.09. The predicted octanol–water partition coefficient (Wildman–Crippen LogP) is 4.75. The van der Waals surface area contributed by atoms with Gasteiger partial charge in [-0.25, -0.2) is 0 Å². The van der Waals surface area contributed by atoms with E-state index in [1.54, 1.807) is 18.3 Å². The van der Waals surface area contributed by atoms with Gasteiger partial charge in [-0.3, -0.25) is 4.99 Å². The van der Waals surface area contributed by atoms with Gasteiger partial charge in [-0.05, 0) is 29.8 Å². The van der Waals surface area contributed by atoms with Gasteiger partial charge in [-0.1, -0.05) is 54.6 Å². The molecule has 3 rings (SSSR count). The number of nitrogens with zero attached hydrogens (tertiary/aromatic N) is 1. The summed E-state index contributed by atoms with van der Waals surface area (Å²) >= 11 is 0. The zero-order chi connectivity index (χ0) is 15.9. The van der Waals surface area contributed by atoms with Crippen molar-refractivity contribution in [2.24, 2.45) is 4.99 Å². The van der Waals surface area contributed by atoms with E-state index in [0.717, 1.165) is 17.9 Å². The molecule has 3 nitrogen and oxygen atoms in total. The van der Waals surface area contributed by atoms with E-state index in [2.05, 4.69) is 22.4 Å². The van der Waals surface area contributed by atoms with E-state index in [4.69, 9.17) is 0 Å². The number of anilines is 1. The fourth-order valence-electron chi connectivity index (χ4n) is 2.26. The molecule has 0 saturated carbocycles. The number of nitrogens with one attached hydrogen (secondary N) is 1. The Morgan fingerprint density at radius 2 is 1.52 bits per heavy atom. The highest BCUT2D eigenvalue weighted by molar-refractivity contribution is 5.86. The molecule has 0 aliphatic heterocycles. The molecule has 0 bridgehead atoms. The number of rotatable bonds is 5. The lowest BCUT2D eigenvalue weighted by molar-refractivity contribution is 0.474. The largest absolute Gasteiger partial charge is 0.507 e. The summed E-state index contributed by atoms with van der Waals surface area (Å²) in [6.45, 7) is 0.740. The molecule has 3 aromatic carbocycles. The maximum atomic E-state index is 9.80. The van der Waals surface area contributed by atoms with Crippen LogP contribution in [0.5, 0.6) is 5.75 Å². The molecule has 0 amide bonds. The van der Waals surface area contributed by atoms with Crippen LogP contribution in [0.2, 0.25) is 0 Å². The van der Waals surface area contributed by atoms with Gasteiger partial charge < -0.3 is 10.4 Å². The SMILES string of the molecule is Oc1ccccc1C=Nc1ccccc1NCc1ccccc1. The molecule has 0 atom stereocenters. The number of hydrogen-bond acceptors (Lipinski definition) is 3. The second-order valence-electron chi connectivity index (χ2n) is 5.17. The zero-order valence-corrected chi connectivity index (χ0v) is 12.7. The number of aromatic hydroxyl groups is 1. The standard InChI is InChI=1S/C20H18N2O/c23-20-13-7-4-10-17(20)15-22-19-12-6-5-11-18(19)21-14-16-8-2-1-3-9-16/h1-13,15,21,23H,14H2. The normalized spacial score (nSPS) is 10.8. The monoisotopic (exact) mass is 302 g/mol. The summed E-state index contributed by atoms with van der Waals surface area (Å²) in [5, 5.41) is 13.2. The van der Waals surface area contributed by atoms with Crippen LogP contribution < -0.4 is 5.32 Å². The minimum absolute atomic E-state index is 0.228. The minimum Gasteiger partial charge on any atom is -0.507 e. The molecule has 0 heterocycles. The number of benzene rings is 3. The summed E-state index contributed by atoms with van der Waals surface area (Å²) < 4.78 is 0. The molecule has 23 heavy (non-hydrogen) atoms. The summed E-state index contributed by atoms with van der Waals surface area (Å²) in [5.74, 6) is 0.228. The number of para-hydroxylation sites is 3. The fourth-order valence-corrected chi connectivity index (χ4v) is 2.26. The molecule has 0 radical (unpaired) electrons. The van der Waals surface area contributed by atoms with Gasteiger partial charge in [0.2, 0.25) is 0 Å². The maximum Gasteiger partial charge on any atom is 0.124 e. The molecule has 114 valence electrons. The first-order chi connectivity index (χ1) is 11.3. The van der Waals surface area contributed by atoms with Gasteiger partial charge in [0.05, 0.1) is 11.4 Å². The average molecular weight is 302 g/mol. The molecule has 3 heteroatoms. The van der Waals surface area contributed by atoms with Crippen molar-refractivity contribution in [2.45, 2.75) is 6.54 Å². The number of phenolic OH excluding ortho intramolecular Hbond substituents is 1. The second-order valence-corrected chi connectivity index (χ2v) is 5.17. The summed E-state index contributed by atoms with van der Waals surface area (Å²) in [5.41, 5.74) is 3.71. The molecule has 2 N–H and O–H groups in total. The molecule has 0 aliphatic rings. The van der Waals surface area contributed by atoms with Gasteiger partial charge in [0, 0.05) is 18.3 Å². The Morgan fingerprint density at radius 3 is 2.35 bits per heavy atom. The van der Waals surface area contributed by atoms with Gasteiger partial charge in [0.15, 0.2) is 0 Å². The Bertz CT molecular complexity index is 798. The summed E-state index contributed by atoms with van der Waals surface area (Å²) in [4.78, 5) is 4.50. The Labute approximate surface area is 136 Å². The van der Waals surface area contributed by atoms with Crippen LogP contribution in [0, 0.1) is 0 Å². The fraction of sp³-hybridized carbons (Fsp3) is 0.0500. The van der Waals surface area contributed by atoms with Crippen molar-refractivity contribution < 1.29 is 5.11 Å². The molecule has 0 aromatic heterocycles. The van der Waals surface area contributed by atoms with Gasteiger partial charge >= 0.3 is 0 Å². The summed E-state index contributed by atoms with van der Waals surface area (Å²) in [6, 6.07) is 25.3. The number of hydrogen-bond donors (Lipinski definition) is 2. The Morgan fingerprint density at radius 1 is 0.826 bits per heavy atom. The molecule has 0 saturated heterocycles. The molecule has 0 spiro atoms. The highest BCUT2D eigenvalue weighted by Crippen LogP contribution is 2.25. The van der Waals surface area contributed by atoms with Crippen LogP contribution in [0.1, 0.15) is 11.1 Å². The Balaban J connectivity index is 1.77. The van der Waals surface area contributed by atoms with E-state index in [-0.39, 0.29) is 5.75 Å². The maximum absolute atomic E-state index is 9.80. The van der Waals surface area contributed by atoms with Crippen molar-refractivity contribution in [3.63, 3.8) is 0 Å². The van der Waals surface area contributed by atoms with E-state index < -0.39 is 0 Å². The predicted molar refractivity (Wildman–Crippen MR) is 95.6 cm³/mol. The van der Waals surface area contributed by atoms with Crippen LogP contribution in [0.4, 0.5) is 11.4 Å². The van der Waals surface area contributed by atoms with E-state index in [9.17, 15) is 5.11 Å². The summed E-state index contributed by atoms with van der Waals surface area (Å²) in [6.07, 6.45) is 1.68. The quantitative estimate of drug-likeness (QED) is 0.668. The van der Waals surface area contributed by atoms with Crippen LogP contribution in [-0.4, -0.2) is 11.3 Å². The molecular weight excluding hydrogens is 284 g/mol. The highest BCUT2D eigenvalue weighted by Gasteiger charge is 2.01. The highest BCUT2D eigenvalue weighted by atomic mass is 16.3. The van der Waals surface area contributed by atoms with Crippen LogP contribution in [0.15, 0.2) is 83.9 Å². The Hall–Kier alpha value is -3.07. The van der Waals surface area contributed by atoms with Gasteiger partial charge in [0.1, 0.15) is 5.75 Å². The van der Waals surface area contributed by atoms with Gasteiger partial charge in [-0.15, -0.1) is 0 Å². The third-order valence-corrected chi connectivity index (χ3v) is 3.51. The van der Waals surface area contributed by atoms with Crippen LogP contribution >= 0.6 is 0 Å². The van der Waals surface area contributed by atoms with E-state index >= 15 is 0 Å². The molecular formula is C20H18N2O. The first kappa shape index (κ1) is 14.9. The average Bonchev–Trinajstić information content (AvgIpc) is 2.61. The van der Waals surface area contributed by atoms with Crippen molar-refractivity contribution in [2.75, 3.05) is 5.32 Å². The third kappa shape index (κ3) is 3.98. The van der Waals surface area contributed by atoms with Crippen molar-refractivity contribution in [3.8, 4) is 5.75 Å². The number of aliphatic imine (C=N–C) groups is 1. The van der Waals surface area contributed by atoms with Crippen LogP contribution in [-0.2, 0) is 6.54 Å². The van der Waals surface area contributed by atoms with Gasteiger partial charge in [0.25, 0.3) is 0 Å². The van der Waals surface area contributed by atoms with Crippen LogP contribution in [0.3, 0.4) is 0 Å². The first-order valence-electron chi connectivity index (χ1n) is 7.52. The minimum atomic E-state index is 0.228. The first-order valence-corrected chi connectivity index (χ1v) is 7.52. The van der Waals surface area contributed by atoms with Crippen molar-refractivity contribution in [1.29, 1.82) is 0 Å². The lowest BCUT2D eigenvalue weighted by atomic mass is 10.2. The van der Waals surface area contributed by atoms with Crippen molar-refractivity contribution in [1.82, 2.24) is 0 Å². The van der Waals surface area contributed by atoms with Crippen molar-refractivity contribution in [3.05, 3.63) is 90.0 Å². The smallest absolute Gasteiger partial charge is 0.124 e. The lowest BCUT2D eigenvalue weighted by Crippen LogP contribution is -1.99. The number of phenols is 1. The zero-order valence-electron chi connectivity index (χ0n) is 12.7. The van der Waals surface area contributed by atoms with E-state index in [0.29, 0.717) is 5.56 Å². The molecule has 0 aliphatic carbocycles. The molecule has 0 unspecified atom stereocenters. The van der Waals surface area contributed by atoms with Gasteiger partial charge in [-0.2, -0.15) is 0 Å².